The minimum Gasteiger partial charge on any atom is -0.464 e. The second kappa shape index (κ2) is 12.3. The lowest BCUT2D eigenvalue weighted by atomic mass is 10.2. The van der Waals surface area contributed by atoms with Gasteiger partial charge in [0.2, 0.25) is 0 Å². The summed E-state index contributed by atoms with van der Waals surface area (Å²) < 4.78 is 24.3. The van der Waals surface area contributed by atoms with Gasteiger partial charge in [-0.3, -0.25) is 4.68 Å². The van der Waals surface area contributed by atoms with E-state index in [0.29, 0.717) is 4.60 Å². The molecule has 0 N–H and O–H groups in total. The lowest BCUT2D eigenvalue weighted by molar-refractivity contribution is -0.0000175. The fourth-order valence-electron chi connectivity index (χ4n) is 2.87. The number of ether oxygens (including phenoxy) is 3. The van der Waals surface area contributed by atoms with E-state index in [-0.39, 0.29) is 30.3 Å². The SMILES string of the molecule is COC(=O)c1cc(Br)nn1C(CCN(C(=O)OC(C)(C)C)C(=O)OC(C)(C)C)CO[Si](C)(C)C(C)(C)C. The Bertz CT molecular complexity index is 931. The summed E-state index contributed by atoms with van der Waals surface area (Å²) in [7, 11) is -0.883. The minimum atomic E-state index is -2.18. The second-order valence-electron chi connectivity index (χ2n) is 12.4. The van der Waals surface area contributed by atoms with Crippen molar-refractivity contribution in [3.05, 3.63) is 16.4 Å². The number of nitrogens with zero attached hydrogens (tertiary/aromatic N) is 3. The van der Waals surface area contributed by atoms with Crippen molar-refractivity contribution in [3.8, 4) is 0 Å². The number of hydrogen-bond acceptors (Lipinski definition) is 8. The molecule has 0 aliphatic heterocycles. The van der Waals surface area contributed by atoms with Crippen LogP contribution in [0.4, 0.5) is 9.59 Å². The molecule has 1 aromatic heterocycles. The van der Waals surface area contributed by atoms with Gasteiger partial charge in [0.25, 0.3) is 0 Å². The van der Waals surface area contributed by atoms with E-state index in [1.54, 1.807) is 47.6 Å². The average molecular weight is 607 g/mol. The second-order valence-corrected chi connectivity index (χ2v) is 18.0. The fraction of sp³-hybridized carbons (Fsp3) is 0.760. The molecule has 1 atom stereocenters. The quantitative estimate of drug-likeness (QED) is 0.186. The van der Waals surface area contributed by atoms with Gasteiger partial charge in [0.05, 0.1) is 19.8 Å². The lowest BCUT2D eigenvalue weighted by Gasteiger charge is -2.37. The summed E-state index contributed by atoms with van der Waals surface area (Å²) in [6, 6.07) is 1.06. The molecule has 0 saturated carbocycles. The molecule has 1 aromatic rings. The first-order chi connectivity index (χ1) is 16.6. The van der Waals surface area contributed by atoms with Gasteiger partial charge in [-0.2, -0.15) is 5.10 Å². The fourth-order valence-corrected chi connectivity index (χ4v) is 4.30. The summed E-state index contributed by atoms with van der Waals surface area (Å²) in [5.74, 6) is -0.563. The van der Waals surface area contributed by atoms with Crippen LogP contribution in [0.3, 0.4) is 0 Å². The Labute approximate surface area is 230 Å². The van der Waals surface area contributed by atoms with Crippen LogP contribution in [-0.2, 0) is 18.6 Å². The highest BCUT2D eigenvalue weighted by Crippen LogP contribution is 2.37. The zero-order valence-electron chi connectivity index (χ0n) is 24.4. The summed E-state index contributed by atoms with van der Waals surface area (Å²) in [6.45, 7) is 21.1. The Hall–Kier alpha value is -1.92. The first-order valence-electron chi connectivity index (χ1n) is 12.3. The van der Waals surface area contributed by atoms with Gasteiger partial charge in [-0.05, 0) is 82.0 Å². The third-order valence-corrected chi connectivity index (χ3v) is 10.7. The van der Waals surface area contributed by atoms with E-state index in [2.05, 4.69) is 54.9 Å². The van der Waals surface area contributed by atoms with Crippen molar-refractivity contribution in [2.75, 3.05) is 20.3 Å². The van der Waals surface area contributed by atoms with Gasteiger partial charge < -0.3 is 18.6 Å². The Morgan fingerprint density at radius 1 is 1.00 bits per heavy atom. The van der Waals surface area contributed by atoms with Gasteiger partial charge in [0, 0.05) is 12.6 Å². The predicted octanol–water partition coefficient (Wildman–Crippen LogP) is 6.56. The number of amides is 2. The molecule has 1 rings (SSSR count). The number of rotatable bonds is 8. The number of imide groups is 1. The van der Waals surface area contributed by atoms with Gasteiger partial charge in [-0.1, -0.05) is 20.8 Å². The topological polar surface area (TPSA) is 109 Å². The van der Waals surface area contributed by atoms with Crippen LogP contribution >= 0.6 is 15.9 Å². The van der Waals surface area contributed by atoms with Crippen molar-refractivity contribution in [2.45, 2.75) is 104 Å². The average Bonchev–Trinajstić information content (AvgIpc) is 3.07. The van der Waals surface area contributed by atoms with Gasteiger partial charge >= 0.3 is 18.2 Å². The minimum absolute atomic E-state index is 0.0482. The Morgan fingerprint density at radius 3 is 1.89 bits per heavy atom. The maximum absolute atomic E-state index is 13.0. The maximum Gasteiger partial charge on any atom is 0.419 e. The van der Waals surface area contributed by atoms with E-state index in [1.807, 2.05) is 0 Å². The number of halogens is 1. The molecule has 1 unspecified atom stereocenters. The highest BCUT2D eigenvalue weighted by atomic mass is 79.9. The smallest absolute Gasteiger partial charge is 0.419 e. The van der Waals surface area contributed by atoms with Crippen molar-refractivity contribution >= 4 is 42.4 Å². The van der Waals surface area contributed by atoms with Crippen LogP contribution in [-0.4, -0.2) is 72.6 Å². The normalized spacial score (nSPS) is 13.6. The molecule has 0 aliphatic carbocycles. The van der Waals surface area contributed by atoms with Crippen LogP contribution in [0.1, 0.15) is 85.3 Å². The van der Waals surface area contributed by atoms with Crippen LogP contribution in [0, 0.1) is 0 Å². The van der Waals surface area contributed by atoms with E-state index >= 15 is 0 Å². The molecule has 0 spiro atoms. The molecule has 212 valence electrons. The first kappa shape index (κ1) is 33.1. The first-order valence-corrected chi connectivity index (χ1v) is 16.0. The Kier molecular flexibility index (Phi) is 11.0. The van der Waals surface area contributed by atoms with Crippen LogP contribution < -0.4 is 0 Å². The summed E-state index contributed by atoms with van der Waals surface area (Å²) >= 11 is 3.33. The molecule has 1 heterocycles. The Balaban J connectivity index is 3.38. The molecule has 2 amide bonds. The summed E-state index contributed by atoms with van der Waals surface area (Å²) in [5.41, 5.74) is -1.40. The van der Waals surface area contributed by atoms with Gasteiger partial charge in [0.1, 0.15) is 21.5 Å². The Morgan fingerprint density at radius 2 is 1.49 bits per heavy atom. The van der Waals surface area contributed by atoms with Crippen LogP contribution in [0.15, 0.2) is 10.7 Å². The number of carbonyl (C=O) groups is 3. The van der Waals surface area contributed by atoms with Crippen molar-refractivity contribution in [2.24, 2.45) is 0 Å². The van der Waals surface area contributed by atoms with E-state index in [4.69, 9.17) is 18.6 Å². The zero-order valence-corrected chi connectivity index (χ0v) is 26.9. The molecule has 0 aromatic carbocycles. The molecule has 0 bridgehead atoms. The molecule has 0 radical (unpaired) electrons. The molecular formula is C25H44BrN3O7Si. The molecule has 0 aliphatic rings. The molecule has 0 saturated heterocycles. The van der Waals surface area contributed by atoms with Crippen molar-refractivity contribution < 1.29 is 33.0 Å². The summed E-state index contributed by atoms with van der Waals surface area (Å²) in [4.78, 5) is 39.4. The molecular weight excluding hydrogens is 562 g/mol. The van der Waals surface area contributed by atoms with Crippen molar-refractivity contribution in [1.29, 1.82) is 0 Å². The molecule has 12 heteroatoms. The van der Waals surface area contributed by atoms with E-state index < -0.39 is 43.7 Å². The van der Waals surface area contributed by atoms with Crippen molar-refractivity contribution in [3.63, 3.8) is 0 Å². The number of aromatic nitrogens is 2. The van der Waals surface area contributed by atoms with Crippen LogP contribution in [0.5, 0.6) is 0 Å². The third-order valence-electron chi connectivity index (χ3n) is 5.80. The van der Waals surface area contributed by atoms with E-state index in [0.717, 1.165) is 4.90 Å². The lowest BCUT2D eigenvalue weighted by Crippen LogP contribution is -2.45. The number of methoxy groups -OCH3 is 1. The van der Waals surface area contributed by atoms with Crippen LogP contribution in [0.2, 0.25) is 18.1 Å². The summed E-state index contributed by atoms with van der Waals surface area (Å²) in [5, 5.41) is 4.40. The number of hydrogen-bond donors (Lipinski definition) is 0. The largest absolute Gasteiger partial charge is 0.464 e. The van der Waals surface area contributed by atoms with Gasteiger partial charge in [-0.15, -0.1) is 0 Å². The standard InChI is InChI=1S/C25H44BrN3O7Si/c1-23(2,3)35-21(31)28(22(32)36-24(4,5)6)14-13-17(16-34-37(11,12)25(7,8)9)29-18(20(30)33-10)15-19(26)27-29/h15,17H,13-14,16H2,1-12H3. The highest BCUT2D eigenvalue weighted by Gasteiger charge is 2.39. The van der Waals surface area contributed by atoms with E-state index in [1.165, 1.54) is 11.8 Å². The van der Waals surface area contributed by atoms with Gasteiger partial charge in [-0.25, -0.2) is 19.3 Å². The van der Waals surface area contributed by atoms with Gasteiger partial charge in [0.15, 0.2) is 8.32 Å². The zero-order chi connectivity index (χ0) is 29.0. The number of esters is 1. The van der Waals surface area contributed by atoms with Crippen LogP contribution in [0.25, 0.3) is 0 Å². The molecule has 10 nitrogen and oxygen atoms in total. The summed E-state index contributed by atoms with van der Waals surface area (Å²) in [6.07, 6.45) is -1.41. The molecule has 0 fully saturated rings. The number of carbonyl (C=O) groups excluding carboxylic acids is 3. The van der Waals surface area contributed by atoms with Crippen molar-refractivity contribution in [1.82, 2.24) is 14.7 Å². The maximum atomic E-state index is 13.0. The third kappa shape index (κ3) is 10.4. The molecule has 37 heavy (non-hydrogen) atoms. The monoisotopic (exact) mass is 605 g/mol. The highest BCUT2D eigenvalue weighted by molar-refractivity contribution is 9.10. The van der Waals surface area contributed by atoms with E-state index in [9.17, 15) is 14.4 Å². The predicted molar refractivity (Wildman–Crippen MR) is 147 cm³/mol.